The second-order valence-corrected chi connectivity index (χ2v) is 8.51. The van der Waals surface area contributed by atoms with Gasteiger partial charge >= 0.3 is 6.16 Å². The Hall–Kier alpha value is -3.66. The molecule has 3 aromatic carbocycles. The van der Waals surface area contributed by atoms with Crippen molar-refractivity contribution in [1.29, 1.82) is 0 Å². The molecular formula is C27H20O4. The summed E-state index contributed by atoms with van der Waals surface area (Å²) in [5, 5.41) is 0. The van der Waals surface area contributed by atoms with E-state index < -0.39 is 29.2 Å². The van der Waals surface area contributed by atoms with E-state index in [1.165, 1.54) is 0 Å². The Bertz CT molecular complexity index is 1230. The summed E-state index contributed by atoms with van der Waals surface area (Å²) >= 11 is 0. The summed E-state index contributed by atoms with van der Waals surface area (Å²) in [6.07, 6.45) is -2.09. The van der Waals surface area contributed by atoms with Gasteiger partial charge in [-0.3, -0.25) is 4.79 Å². The lowest BCUT2D eigenvalue weighted by atomic mass is 9.67. The number of hydrogen-bond donors (Lipinski definition) is 0. The van der Waals surface area contributed by atoms with E-state index in [2.05, 4.69) is 0 Å². The van der Waals surface area contributed by atoms with E-state index >= 15 is 0 Å². The van der Waals surface area contributed by atoms with Gasteiger partial charge in [0.05, 0.1) is 5.41 Å². The molecule has 152 valence electrons. The quantitative estimate of drug-likeness (QED) is 0.570. The minimum atomic E-state index is -1.13. The summed E-state index contributed by atoms with van der Waals surface area (Å²) in [4.78, 5) is 26.7. The Kier molecular flexibility index (Phi) is 3.61. The zero-order chi connectivity index (χ0) is 21.2. The van der Waals surface area contributed by atoms with Crippen molar-refractivity contribution in [2.75, 3.05) is 0 Å². The highest BCUT2D eigenvalue weighted by molar-refractivity contribution is 6.27. The Morgan fingerprint density at radius 2 is 1.13 bits per heavy atom. The van der Waals surface area contributed by atoms with Gasteiger partial charge in [0.1, 0.15) is 5.41 Å². The molecule has 0 spiro atoms. The Balaban J connectivity index is 1.78. The molecule has 2 bridgehead atoms. The van der Waals surface area contributed by atoms with Crippen molar-refractivity contribution in [3.8, 4) is 0 Å². The van der Waals surface area contributed by atoms with Gasteiger partial charge in [-0.25, -0.2) is 4.79 Å². The van der Waals surface area contributed by atoms with E-state index in [4.69, 9.17) is 9.47 Å². The van der Waals surface area contributed by atoms with Gasteiger partial charge in [0.2, 0.25) is 0 Å². The highest BCUT2D eigenvalue weighted by Gasteiger charge is 2.79. The standard InChI is InChI=1S/C27H20O4/c1-26-20(17-11-5-2-6-12-17)21(18-13-7-3-8-14-18)27(24(26)28,19-15-9-4-10-16-19)23-22(26)30-25(29)31-23/h2-16,22-23H,1H3. The molecule has 0 radical (unpaired) electrons. The number of benzene rings is 3. The number of ether oxygens (including phenoxy) is 2. The molecular weight excluding hydrogens is 388 g/mol. The third-order valence-corrected chi connectivity index (χ3v) is 7.06. The van der Waals surface area contributed by atoms with Gasteiger partial charge in [-0.05, 0) is 34.8 Å². The van der Waals surface area contributed by atoms with E-state index in [1.54, 1.807) is 0 Å². The maximum Gasteiger partial charge on any atom is 0.509 e. The van der Waals surface area contributed by atoms with Crippen LogP contribution >= 0.6 is 0 Å². The van der Waals surface area contributed by atoms with Crippen LogP contribution in [0.15, 0.2) is 91.0 Å². The maximum absolute atomic E-state index is 14.4. The van der Waals surface area contributed by atoms with Gasteiger partial charge in [0.15, 0.2) is 18.0 Å². The smallest absolute Gasteiger partial charge is 0.426 e. The molecule has 2 fully saturated rings. The van der Waals surface area contributed by atoms with Crippen molar-refractivity contribution in [3.05, 3.63) is 108 Å². The van der Waals surface area contributed by atoms with Crippen molar-refractivity contribution in [2.24, 2.45) is 5.41 Å². The molecule has 4 atom stereocenters. The van der Waals surface area contributed by atoms with E-state index in [0.717, 1.165) is 27.8 Å². The van der Waals surface area contributed by atoms with Crippen molar-refractivity contribution >= 4 is 23.1 Å². The fourth-order valence-corrected chi connectivity index (χ4v) is 5.90. The monoisotopic (exact) mass is 408 g/mol. The largest absolute Gasteiger partial charge is 0.509 e. The van der Waals surface area contributed by atoms with Crippen LogP contribution in [0.4, 0.5) is 4.79 Å². The molecule has 4 heteroatoms. The van der Waals surface area contributed by atoms with Crippen molar-refractivity contribution < 1.29 is 19.1 Å². The van der Waals surface area contributed by atoms with E-state index in [1.807, 2.05) is 97.9 Å². The van der Waals surface area contributed by atoms with Gasteiger partial charge in [0, 0.05) is 0 Å². The molecule has 4 nitrogen and oxygen atoms in total. The molecule has 1 heterocycles. The molecule has 2 aliphatic carbocycles. The predicted octanol–water partition coefficient (Wildman–Crippen LogP) is 5.04. The summed E-state index contributed by atoms with van der Waals surface area (Å²) in [5.41, 5.74) is 2.39. The van der Waals surface area contributed by atoms with Gasteiger partial charge in [-0.15, -0.1) is 0 Å². The summed E-state index contributed by atoms with van der Waals surface area (Å²) in [6.45, 7) is 1.90. The molecule has 0 aromatic heterocycles. The topological polar surface area (TPSA) is 52.6 Å². The van der Waals surface area contributed by atoms with E-state index in [0.29, 0.717) is 0 Å². The number of Topliss-reactive ketones (excluding diaryl/α,β-unsaturated/α-hetero) is 1. The Morgan fingerprint density at radius 3 is 1.71 bits per heavy atom. The highest BCUT2D eigenvalue weighted by atomic mass is 16.8. The van der Waals surface area contributed by atoms with Crippen LogP contribution < -0.4 is 0 Å². The minimum Gasteiger partial charge on any atom is -0.426 e. The Morgan fingerprint density at radius 1 is 0.645 bits per heavy atom. The number of hydrogen-bond acceptors (Lipinski definition) is 4. The number of fused-ring (bicyclic) bond motifs is 5. The van der Waals surface area contributed by atoms with Crippen molar-refractivity contribution in [2.45, 2.75) is 24.5 Å². The molecule has 0 amide bonds. The maximum atomic E-state index is 14.4. The zero-order valence-electron chi connectivity index (χ0n) is 16.9. The zero-order valence-corrected chi connectivity index (χ0v) is 16.9. The predicted molar refractivity (Wildman–Crippen MR) is 116 cm³/mol. The minimum absolute atomic E-state index is 0.0198. The first-order valence-corrected chi connectivity index (χ1v) is 10.4. The lowest BCUT2D eigenvalue weighted by molar-refractivity contribution is -0.127. The van der Waals surface area contributed by atoms with Crippen LogP contribution in [0.5, 0.6) is 0 Å². The summed E-state index contributed by atoms with van der Waals surface area (Å²) in [6, 6.07) is 29.5. The van der Waals surface area contributed by atoms with Crippen LogP contribution in [0.3, 0.4) is 0 Å². The molecule has 3 aromatic rings. The first kappa shape index (κ1) is 18.1. The van der Waals surface area contributed by atoms with Crippen LogP contribution in [0, 0.1) is 5.41 Å². The van der Waals surface area contributed by atoms with Crippen LogP contribution in [0.25, 0.3) is 11.1 Å². The summed E-state index contributed by atoms with van der Waals surface area (Å²) in [7, 11) is 0. The van der Waals surface area contributed by atoms with Crippen LogP contribution in [0.1, 0.15) is 23.6 Å². The van der Waals surface area contributed by atoms with Crippen molar-refractivity contribution in [1.82, 2.24) is 0 Å². The first-order valence-electron chi connectivity index (χ1n) is 10.4. The third-order valence-electron chi connectivity index (χ3n) is 7.06. The average molecular weight is 408 g/mol. The number of ketones is 1. The number of carbonyl (C=O) groups is 2. The van der Waals surface area contributed by atoms with Gasteiger partial charge in [0.25, 0.3) is 0 Å². The number of rotatable bonds is 3. The van der Waals surface area contributed by atoms with Gasteiger partial charge in [-0.2, -0.15) is 0 Å². The van der Waals surface area contributed by atoms with Gasteiger partial charge < -0.3 is 9.47 Å². The molecule has 1 aliphatic heterocycles. The molecule has 31 heavy (non-hydrogen) atoms. The lowest BCUT2D eigenvalue weighted by Crippen LogP contribution is -2.44. The fourth-order valence-electron chi connectivity index (χ4n) is 5.90. The Labute approximate surface area is 180 Å². The first-order chi connectivity index (χ1) is 15.1. The molecule has 0 N–H and O–H groups in total. The lowest BCUT2D eigenvalue weighted by Gasteiger charge is -2.37. The highest BCUT2D eigenvalue weighted by Crippen LogP contribution is 2.70. The second-order valence-electron chi connectivity index (χ2n) is 8.51. The van der Waals surface area contributed by atoms with Crippen molar-refractivity contribution in [3.63, 3.8) is 0 Å². The molecule has 4 unspecified atom stereocenters. The number of carbonyl (C=O) groups excluding carboxylic acids is 2. The van der Waals surface area contributed by atoms with E-state index in [9.17, 15) is 9.59 Å². The van der Waals surface area contributed by atoms with Gasteiger partial charge in [-0.1, -0.05) is 91.0 Å². The summed E-state index contributed by atoms with van der Waals surface area (Å²) in [5.74, 6) is 0.0198. The van der Waals surface area contributed by atoms with Crippen LogP contribution in [-0.2, 0) is 19.7 Å². The molecule has 3 aliphatic rings. The third kappa shape index (κ3) is 2.09. The summed E-state index contributed by atoms with van der Waals surface area (Å²) < 4.78 is 11.4. The van der Waals surface area contributed by atoms with Crippen LogP contribution in [-0.4, -0.2) is 24.1 Å². The normalized spacial score (nSPS) is 30.9. The molecule has 6 rings (SSSR count). The molecule has 1 saturated carbocycles. The SMILES string of the molecule is CC12C(=O)C(c3ccccc3)(C(c3ccccc3)=C1c1ccccc1)C1OC(=O)OC12. The van der Waals surface area contributed by atoms with Crippen LogP contribution in [0.2, 0.25) is 0 Å². The molecule has 1 saturated heterocycles. The second kappa shape index (κ2) is 6.17. The average Bonchev–Trinajstić information content (AvgIpc) is 3.37. The fraction of sp³-hybridized carbons (Fsp3) is 0.185. The van der Waals surface area contributed by atoms with E-state index in [-0.39, 0.29) is 5.78 Å².